The predicted octanol–water partition coefficient (Wildman–Crippen LogP) is 2.59. The monoisotopic (exact) mass is 231 g/mol. The van der Waals surface area contributed by atoms with Gasteiger partial charge in [0.1, 0.15) is 12.2 Å². The van der Waals surface area contributed by atoms with Crippen LogP contribution in [-0.2, 0) is 11.2 Å². The van der Waals surface area contributed by atoms with E-state index in [9.17, 15) is 4.79 Å². The van der Waals surface area contributed by atoms with Gasteiger partial charge in [-0.1, -0.05) is 17.7 Å². The van der Waals surface area contributed by atoms with Crippen molar-refractivity contribution in [2.24, 2.45) is 0 Å². The van der Waals surface area contributed by atoms with E-state index in [1.54, 1.807) is 6.92 Å². The molecule has 0 aliphatic carbocycles. The topological polar surface area (TPSA) is 63.3 Å². The Morgan fingerprint density at radius 2 is 1.94 bits per heavy atom. The summed E-state index contributed by atoms with van der Waals surface area (Å²) >= 11 is 0. The molecule has 1 N–H and O–H groups in total. The summed E-state index contributed by atoms with van der Waals surface area (Å²) in [6.07, 6.45) is -0.134. The maximum absolute atomic E-state index is 10.6. The Labute approximate surface area is 98.9 Å². The average molecular weight is 231 g/mol. The number of aliphatic carboxylic acids is 1. The molecule has 0 spiro atoms. The number of benzene rings is 1. The molecule has 0 unspecified atom stereocenters. The molecule has 0 saturated carbocycles. The van der Waals surface area contributed by atoms with Crippen LogP contribution in [0.5, 0.6) is 0 Å². The molecule has 0 aliphatic heterocycles. The van der Waals surface area contributed by atoms with Crippen LogP contribution in [0.25, 0.3) is 11.5 Å². The minimum Gasteiger partial charge on any atom is -0.481 e. The lowest BCUT2D eigenvalue weighted by molar-refractivity contribution is -0.136. The van der Waals surface area contributed by atoms with Crippen molar-refractivity contribution in [1.82, 2.24) is 4.98 Å². The fourth-order valence-electron chi connectivity index (χ4n) is 1.55. The maximum atomic E-state index is 10.6. The molecule has 4 nitrogen and oxygen atoms in total. The van der Waals surface area contributed by atoms with Crippen LogP contribution < -0.4 is 0 Å². The van der Waals surface area contributed by atoms with Gasteiger partial charge < -0.3 is 9.52 Å². The van der Waals surface area contributed by atoms with Gasteiger partial charge in [-0.25, -0.2) is 4.98 Å². The highest BCUT2D eigenvalue weighted by Gasteiger charge is 2.13. The number of rotatable bonds is 3. The quantitative estimate of drug-likeness (QED) is 0.881. The molecule has 0 bridgehead atoms. The Morgan fingerprint density at radius 3 is 2.53 bits per heavy atom. The van der Waals surface area contributed by atoms with Gasteiger partial charge in [-0.3, -0.25) is 4.79 Å². The molecule has 0 fully saturated rings. The maximum Gasteiger partial charge on any atom is 0.311 e. The van der Waals surface area contributed by atoms with E-state index in [1.807, 2.05) is 31.2 Å². The molecule has 4 heteroatoms. The molecule has 1 aromatic heterocycles. The first kappa shape index (κ1) is 11.4. The molecule has 0 aliphatic rings. The smallest absolute Gasteiger partial charge is 0.311 e. The first-order valence-electron chi connectivity index (χ1n) is 5.31. The van der Waals surface area contributed by atoms with Crippen LogP contribution in [0, 0.1) is 13.8 Å². The summed E-state index contributed by atoms with van der Waals surface area (Å²) in [5, 5.41) is 8.72. The highest BCUT2D eigenvalue weighted by Crippen LogP contribution is 2.22. The SMILES string of the molecule is Cc1ccc(-c2nc(C)c(CC(=O)O)o2)cc1. The van der Waals surface area contributed by atoms with Gasteiger partial charge in [0.15, 0.2) is 0 Å². The standard InChI is InChI=1S/C13H13NO3/c1-8-3-5-10(6-4-8)13-14-9(2)11(17-13)7-12(15)16/h3-6H,7H2,1-2H3,(H,15,16). The van der Waals surface area contributed by atoms with Crippen LogP contribution in [0.3, 0.4) is 0 Å². The minimum atomic E-state index is -0.917. The minimum absolute atomic E-state index is 0.134. The summed E-state index contributed by atoms with van der Waals surface area (Å²) in [5.74, 6) is -0.0356. The lowest BCUT2D eigenvalue weighted by Crippen LogP contribution is -1.99. The van der Waals surface area contributed by atoms with Gasteiger partial charge in [-0.15, -0.1) is 0 Å². The Bertz CT molecular complexity index is 540. The second-order valence-corrected chi connectivity index (χ2v) is 3.96. The first-order valence-corrected chi connectivity index (χ1v) is 5.31. The van der Waals surface area contributed by atoms with Crippen molar-refractivity contribution < 1.29 is 14.3 Å². The van der Waals surface area contributed by atoms with Crippen molar-refractivity contribution in [3.05, 3.63) is 41.3 Å². The molecule has 2 rings (SSSR count). The van der Waals surface area contributed by atoms with Crippen molar-refractivity contribution in [2.75, 3.05) is 0 Å². The Morgan fingerprint density at radius 1 is 1.29 bits per heavy atom. The lowest BCUT2D eigenvalue weighted by atomic mass is 10.1. The fraction of sp³-hybridized carbons (Fsp3) is 0.231. The molecule has 1 aromatic carbocycles. The Balaban J connectivity index is 2.34. The van der Waals surface area contributed by atoms with E-state index in [2.05, 4.69) is 4.98 Å². The van der Waals surface area contributed by atoms with E-state index in [1.165, 1.54) is 0 Å². The van der Waals surface area contributed by atoms with E-state index in [4.69, 9.17) is 9.52 Å². The number of hydrogen-bond acceptors (Lipinski definition) is 3. The van der Waals surface area contributed by atoms with Gasteiger partial charge in [-0.2, -0.15) is 0 Å². The lowest BCUT2D eigenvalue weighted by Gasteiger charge is -1.96. The first-order chi connectivity index (χ1) is 8.06. The van der Waals surface area contributed by atoms with E-state index in [0.717, 1.165) is 11.1 Å². The third kappa shape index (κ3) is 2.53. The van der Waals surface area contributed by atoms with Gasteiger partial charge in [0.2, 0.25) is 5.89 Å². The number of aromatic nitrogens is 1. The molecule has 1 heterocycles. The van der Waals surface area contributed by atoms with Crippen molar-refractivity contribution >= 4 is 5.97 Å². The predicted molar refractivity (Wildman–Crippen MR) is 62.8 cm³/mol. The molecule has 0 radical (unpaired) electrons. The number of carboxylic acid groups (broad SMARTS) is 1. The third-order valence-corrected chi connectivity index (χ3v) is 2.50. The largest absolute Gasteiger partial charge is 0.481 e. The summed E-state index contributed by atoms with van der Waals surface area (Å²) in [5.41, 5.74) is 2.64. The molecule has 2 aromatic rings. The normalized spacial score (nSPS) is 10.5. The highest BCUT2D eigenvalue weighted by molar-refractivity contribution is 5.70. The van der Waals surface area contributed by atoms with E-state index < -0.39 is 5.97 Å². The summed E-state index contributed by atoms with van der Waals surface area (Å²) < 4.78 is 5.46. The van der Waals surface area contributed by atoms with Crippen LogP contribution in [0.4, 0.5) is 0 Å². The van der Waals surface area contributed by atoms with E-state index in [-0.39, 0.29) is 6.42 Å². The molecule has 0 saturated heterocycles. The van der Waals surface area contributed by atoms with E-state index in [0.29, 0.717) is 17.3 Å². The molecule has 88 valence electrons. The number of carboxylic acids is 1. The van der Waals surface area contributed by atoms with Crippen molar-refractivity contribution in [2.45, 2.75) is 20.3 Å². The van der Waals surface area contributed by atoms with Gasteiger partial charge >= 0.3 is 5.97 Å². The highest BCUT2D eigenvalue weighted by atomic mass is 16.4. The third-order valence-electron chi connectivity index (χ3n) is 2.50. The molecular formula is C13H13NO3. The summed E-state index contributed by atoms with van der Waals surface area (Å²) in [6, 6.07) is 7.74. The van der Waals surface area contributed by atoms with E-state index >= 15 is 0 Å². The van der Waals surface area contributed by atoms with Crippen molar-refractivity contribution in [3.8, 4) is 11.5 Å². The fourth-order valence-corrected chi connectivity index (χ4v) is 1.55. The number of nitrogens with zero attached hydrogens (tertiary/aromatic N) is 1. The van der Waals surface area contributed by atoms with Gasteiger partial charge in [-0.05, 0) is 26.0 Å². The molecule has 0 atom stereocenters. The molecule has 17 heavy (non-hydrogen) atoms. The Kier molecular flexibility index (Phi) is 2.95. The van der Waals surface area contributed by atoms with Crippen LogP contribution in [0.2, 0.25) is 0 Å². The zero-order valence-electron chi connectivity index (χ0n) is 9.73. The number of oxazole rings is 1. The van der Waals surface area contributed by atoms with Crippen LogP contribution in [0.1, 0.15) is 17.0 Å². The number of hydrogen-bond donors (Lipinski definition) is 1. The molecule has 0 amide bonds. The zero-order valence-corrected chi connectivity index (χ0v) is 9.73. The van der Waals surface area contributed by atoms with Crippen LogP contribution in [0.15, 0.2) is 28.7 Å². The van der Waals surface area contributed by atoms with Crippen molar-refractivity contribution in [3.63, 3.8) is 0 Å². The second-order valence-electron chi connectivity index (χ2n) is 3.96. The summed E-state index contributed by atoms with van der Waals surface area (Å²) in [4.78, 5) is 14.9. The summed E-state index contributed by atoms with van der Waals surface area (Å²) in [6.45, 7) is 3.75. The van der Waals surface area contributed by atoms with Crippen LogP contribution in [-0.4, -0.2) is 16.1 Å². The van der Waals surface area contributed by atoms with Gasteiger partial charge in [0.05, 0.1) is 5.69 Å². The van der Waals surface area contributed by atoms with Crippen molar-refractivity contribution in [1.29, 1.82) is 0 Å². The molecular weight excluding hydrogens is 218 g/mol. The van der Waals surface area contributed by atoms with Gasteiger partial charge in [0.25, 0.3) is 0 Å². The van der Waals surface area contributed by atoms with Gasteiger partial charge in [0, 0.05) is 5.56 Å². The van der Waals surface area contributed by atoms with Crippen LogP contribution >= 0.6 is 0 Å². The number of carbonyl (C=O) groups is 1. The number of aryl methyl sites for hydroxylation is 2. The zero-order chi connectivity index (χ0) is 12.4. The Hall–Kier alpha value is -2.10. The second kappa shape index (κ2) is 4.41. The summed E-state index contributed by atoms with van der Waals surface area (Å²) in [7, 11) is 0. The average Bonchev–Trinajstić information content (AvgIpc) is 2.60.